The van der Waals surface area contributed by atoms with Crippen LogP contribution in [-0.2, 0) is 28.4 Å². The van der Waals surface area contributed by atoms with Crippen LogP contribution in [0.5, 0.6) is 0 Å². The van der Waals surface area contributed by atoms with Crippen LogP contribution in [0.1, 0.15) is 143 Å². The monoisotopic (exact) mass is 2000 g/mol. The molecule has 17 rings (SSSR count). The van der Waals surface area contributed by atoms with Crippen molar-refractivity contribution < 1.29 is 33.1 Å². The maximum atomic E-state index is 12.9. The summed E-state index contributed by atoms with van der Waals surface area (Å²) in [6, 6.07) is 48.5. The number of hydroxylamine groups is 2. The number of aromatic nitrogens is 18. The molecule has 0 bridgehead atoms. The predicted molar refractivity (Wildman–Crippen MR) is 514 cm³/mol. The molecule has 3 aliphatic rings. The average Bonchev–Trinajstić information content (AvgIpc) is 1.66. The Balaban J connectivity index is 0.000000160. The van der Waals surface area contributed by atoms with E-state index in [9.17, 15) is 18.8 Å². The topological polar surface area (TPSA) is 404 Å². The second-order valence-electron chi connectivity index (χ2n) is 32.3. The van der Waals surface area contributed by atoms with Gasteiger partial charge in [-0.2, -0.15) is 24.8 Å². The van der Waals surface area contributed by atoms with Crippen LogP contribution >= 0.6 is 63.7 Å². The minimum Gasteiger partial charge on any atom is -0.444 e. The summed E-state index contributed by atoms with van der Waals surface area (Å²) in [5.41, 5.74) is 20.6. The second-order valence-corrected chi connectivity index (χ2v) is 35.5. The Morgan fingerprint density at radius 3 is 1.27 bits per heavy atom. The van der Waals surface area contributed by atoms with Gasteiger partial charge < -0.3 is 42.2 Å². The van der Waals surface area contributed by atoms with Gasteiger partial charge in [0.2, 0.25) is 5.95 Å². The van der Waals surface area contributed by atoms with Crippen molar-refractivity contribution in [2.24, 2.45) is 43.3 Å². The Morgan fingerprint density at radius 2 is 0.844 bits per heavy atom. The molecule has 0 aromatic carbocycles. The number of alkyl carbamates (subject to hydrolysis) is 2. The number of carbonyl (C=O) groups is 3. The molecule has 676 valence electrons. The molecule has 128 heavy (non-hydrogen) atoms. The zero-order chi connectivity index (χ0) is 91.9. The van der Waals surface area contributed by atoms with Gasteiger partial charge in [-0.15, -0.1) is 0 Å². The van der Waals surface area contributed by atoms with Crippen molar-refractivity contribution in [1.29, 1.82) is 0 Å². The molecule has 3 fully saturated rings. The molecule has 3 saturated carbocycles. The number of rotatable bonds is 15. The summed E-state index contributed by atoms with van der Waals surface area (Å²) < 4.78 is 30.4. The van der Waals surface area contributed by atoms with Crippen LogP contribution in [0.25, 0.3) is 89.7 Å². The van der Waals surface area contributed by atoms with E-state index in [0.717, 1.165) is 197 Å². The number of hydrogen-bond donors (Lipinski definition) is 8. The normalized spacial score (nSPS) is 16.4. The molecule has 3 aliphatic carbocycles. The standard InChI is InChI=1S/C24H32N6O2.C18H22N6.C12H9BrN4.C12H24N2O2.C11H7BrN4.C8H9FN2O2.C5H3Br2N.C2H6/c1-24(2,3)32-23(31)27-17-12-10-16(11-13-17)15-26-20-9-5-8-19(28-20)21-18-7-6-14-25-22(18)30(4)29-21;19-13-8-6-12(7-9-13)11-21-16-5-1-4-15(22-16)17-14-3-2-10-20-18(14)24-23-17;1-17-12-8(4-3-7-14-12)11(16-17)9-5-2-6-10(13)15-9;1-12(2,3)16-11(15)14-10-6-4-9(8-13)5-7-10;12-9-5-1-4-8(14-9)10-7-3-2-6-13-11(7)16-15-10;1-11(13-2)8(12)6-4-3-5-10-7(6)9;6-4-2-1-3-5(7)8-4;1-2/h5-9,14,16-17H,10-13,15H2,1-4H3,(H,26,28)(H,27,31);1-5,10,12-13H,6-9,11,19H2,(H,21,22)(H,20,23,24);2-7H,1H3;9-10H,4-8,13H2,1-3H3,(H,14,15);1-6H,(H,13,15,16);3-5H,1-2H3;1-3H;1-2H3. The van der Waals surface area contributed by atoms with Gasteiger partial charge in [0, 0.05) is 105 Å². The second kappa shape index (κ2) is 48.8. The van der Waals surface area contributed by atoms with E-state index < -0.39 is 23.1 Å². The molecule has 14 heterocycles. The Kier molecular flexibility index (Phi) is 37.7. The molecule has 14 aromatic heterocycles. The van der Waals surface area contributed by atoms with Crippen LogP contribution < -0.4 is 32.7 Å². The number of aryl methyl sites for hydroxylation is 2. The third-order valence-electron chi connectivity index (χ3n) is 20.5. The molecule has 36 heteroatoms. The number of fused-ring (bicyclic) bond motifs is 4. The highest BCUT2D eigenvalue weighted by Gasteiger charge is 2.28. The first kappa shape index (κ1) is 98.9. The van der Waals surface area contributed by atoms with Gasteiger partial charge in [0.05, 0.1) is 46.8 Å². The van der Waals surface area contributed by atoms with E-state index in [2.05, 4.69) is 160 Å². The number of pyridine rings is 10. The van der Waals surface area contributed by atoms with Crippen molar-refractivity contribution in [1.82, 2.24) is 105 Å². The molecule has 31 nitrogen and oxygen atoms in total. The minimum atomic E-state index is -0.795. The fourth-order valence-corrected chi connectivity index (χ4v) is 15.8. The minimum absolute atomic E-state index is 0.105. The number of halogens is 5. The van der Waals surface area contributed by atoms with Crippen molar-refractivity contribution in [3.63, 3.8) is 0 Å². The van der Waals surface area contributed by atoms with Crippen LogP contribution in [0.4, 0.5) is 25.6 Å². The maximum absolute atomic E-state index is 12.9. The fourth-order valence-electron chi connectivity index (χ4n) is 14.1. The van der Waals surface area contributed by atoms with E-state index in [1.807, 2.05) is 209 Å². The molecule has 14 aromatic rings. The highest BCUT2D eigenvalue weighted by atomic mass is 79.9. The maximum Gasteiger partial charge on any atom is 0.407 e. The zero-order valence-electron chi connectivity index (χ0n) is 74.0. The van der Waals surface area contributed by atoms with Crippen molar-refractivity contribution in [3.8, 4) is 45.6 Å². The lowest BCUT2D eigenvalue weighted by Gasteiger charge is -2.30. The summed E-state index contributed by atoms with van der Waals surface area (Å²) in [6.45, 7) is 17.8. The van der Waals surface area contributed by atoms with Crippen molar-refractivity contribution in [2.75, 3.05) is 44.4 Å². The van der Waals surface area contributed by atoms with Gasteiger partial charge in [-0.25, -0.2) is 73.9 Å². The van der Waals surface area contributed by atoms with Gasteiger partial charge >= 0.3 is 12.2 Å². The van der Waals surface area contributed by atoms with Gasteiger partial charge in [0.25, 0.3) is 5.91 Å². The predicted octanol–water partition coefficient (Wildman–Crippen LogP) is 19.6. The average molecular weight is 2000 g/mol. The van der Waals surface area contributed by atoms with E-state index in [0.29, 0.717) is 35.1 Å². The van der Waals surface area contributed by atoms with Crippen LogP contribution in [-0.4, -0.2) is 176 Å². The van der Waals surface area contributed by atoms with Gasteiger partial charge in [-0.05, 0) is 328 Å². The van der Waals surface area contributed by atoms with Crippen LogP contribution in [0, 0.1) is 23.7 Å². The van der Waals surface area contributed by atoms with E-state index in [-0.39, 0.29) is 29.8 Å². The zero-order valence-corrected chi connectivity index (χ0v) is 80.3. The number of nitrogens with one attached hydrogen (secondary N) is 6. The Morgan fingerprint density at radius 1 is 0.477 bits per heavy atom. The molecule has 0 saturated heterocycles. The lowest BCUT2D eigenvalue weighted by molar-refractivity contribution is -0.0760. The van der Waals surface area contributed by atoms with Crippen molar-refractivity contribution in [3.05, 3.63) is 213 Å². The van der Waals surface area contributed by atoms with Gasteiger partial charge in [-0.1, -0.05) is 44.2 Å². The van der Waals surface area contributed by atoms with E-state index in [1.165, 1.54) is 45.3 Å². The first-order chi connectivity index (χ1) is 61.5. The van der Waals surface area contributed by atoms with E-state index >= 15 is 0 Å². The van der Waals surface area contributed by atoms with E-state index in [1.54, 1.807) is 34.2 Å². The summed E-state index contributed by atoms with van der Waals surface area (Å²) >= 11 is 13.2. The molecule has 10 N–H and O–H groups in total. The summed E-state index contributed by atoms with van der Waals surface area (Å²) in [6.07, 6.45) is 20.6. The number of carbonyl (C=O) groups excluding carboxylic acids is 3. The largest absolute Gasteiger partial charge is 0.444 e. The smallest absolute Gasteiger partial charge is 0.407 e. The Bertz CT molecular complexity index is 5850. The SMILES string of the molecule is Brc1cccc(-c2[nH]nc3ncccc23)n1.Brc1cccc(Br)n1.CC.CC(C)(C)OC(=O)NC1CCC(CN)CC1.CON(C)C(=O)c1cccnc1F.Cn1nc(-c2cccc(Br)n2)c2cccnc21.Cn1nc(-c2cccc(NCC3CCC(NC(=O)OC(C)(C)C)CC3)n2)c2cccnc21.NC1CCC(CNc2cccc(-c3[nH]nc4ncccc34)n2)CC1. The van der Waals surface area contributed by atoms with Crippen LogP contribution in [0.15, 0.2) is 201 Å². The third-order valence-corrected chi connectivity index (χ3v) is 22.3. The summed E-state index contributed by atoms with van der Waals surface area (Å²) in [5.74, 6) is 2.26. The fraction of sp³-hybridized carbons (Fsp3) is 0.380. The highest BCUT2D eigenvalue weighted by molar-refractivity contribution is 9.11. The Labute approximate surface area is 778 Å². The lowest BCUT2D eigenvalue weighted by Crippen LogP contribution is -2.41. The van der Waals surface area contributed by atoms with Crippen molar-refractivity contribution >= 4 is 138 Å². The summed E-state index contributed by atoms with van der Waals surface area (Å²) in [7, 11) is 6.51. The van der Waals surface area contributed by atoms with Crippen molar-refractivity contribution in [2.45, 2.75) is 162 Å². The lowest BCUT2D eigenvalue weighted by atomic mass is 9.86. The van der Waals surface area contributed by atoms with Gasteiger partial charge in [0.15, 0.2) is 22.6 Å². The number of ether oxygens (including phenoxy) is 2. The number of amides is 3. The Hall–Kier alpha value is -11.3. The molecule has 0 aliphatic heterocycles. The molecule has 0 atom stereocenters. The molecule has 0 unspecified atom stereocenters. The first-order valence-electron chi connectivity index (χ1n) is 42.5. The number of aromatic amines is 2. The number of nitrogens with two attached hydrogens (primary N) is 2. The number of nitrogens with zero attached hydrogens (tertiary/aromatic N) is 17. The highest BCUT2D eigenvalue weighted by Crippen LogP contribution is 2.33. The van der Waals surface area contributed by atoms with Crippen LogP contribution in [0.2, 0.25) is 0 Å². The quantitative estimate of drug-likeness (QED) is 0.0349. The van der Waals surface area contributed by atoms with Gasteiger partial charge in [0.1, 0.15) is 52.6 Å². The van der Waals surface area contributed by atoms with Crippen LogP contribution in [0.3, 0.4) is 0 Å². The molecular weight excluding hydrogens is 1890 g/mol. The van der Waals surface area contributed by atoms with Gasteiger partial charge in [-0.3, -0.25) is 19.8 Å². The number of H-pyrrole nitrogens is 2. The number of anilines is 2. The molecule has 0 radical (unpaired) electrons. The third kappa shape index (κ3) is 30.2. The summed E-state index contributed by atoms with van der Waals surface area (Å²) in [5, 5.41) is 41.3. The first-order valence-corrected chi connectivity index (χ1v) is 45.7. The molecule has 0 spiro atoms. The molecule has 3 amide bonds. The van der Waals surface area contributed by atoms with E-state index in [4.69, 9.17) is 30.9 Å². The summed E-state index contributed by atoms with van der Waals surface area (Å²) in [4.78, 5) is 82.3. The number of hydrogen-bond acceptors (Lipinski definition) is 24. The molecular formula is C92H112Br4FN25O6.